The SMILES string of the molecule is CCCc1nc(C)n(-c2ccc3c(c2)C(OC)CC(C)(C)O3)c(=O)c1Cc1ccc(-c2ccccc2-c2noc(=O)[nH]2)cc1. The number of nitrogens with zero attached hydrogens (tertiary/aromatic N) is 3. The molecule has 0 radical (unpaired) electrons. The summed E-state index contributed by atoms with van der Waals surface area (Å²) in [5.74, 6) is 1.19. The maximum atomic E-state index is 14.2. The Hall–Kier alpha value is -4.76. The normalized spacial score (nSPS) is 15.5. The van der Waals surface area contributed by atoms with Crippen molar-refractivity contribution in [1.82, 2.24) is 19.7 Å². The molecule has 3 aromatic carbocycles. The Morgan fingerprint density at radius 2 is 1.80 bits per heavy atom. The number of H-pyrrole nitrogens is 1. The topological polar surface area (TPSA) is 112 Å². The summed E-state index contributed by atoms with van der Waals surface area (Å²) in [7, 11) is 1.71. The van der Waals surface area contributed by atoms with Crippen LogP contribution < -0.4 is 16.1 Å². The van der Waals surface area contributed by atoms with Gasteiger partial charge >= 0.3 is 5.76 Å². The third kappa shape index (κ3) is 5.63. The van der Waals surface area contributed by atoms with Gasteiger partial charge < -0.3 is 9.47 Å². The van der Waals surface area contributed by atoms with Crippen LogP contribution in [0.2, 0.25) is 0 Å². The second-order valence-corrected chi connectivity index (χ2v) is 11.9. The number of aromatic nitrogens is 4. The zero-order valence-electron chi connectivity index (χ0n) is 25.6. The second kappa shape index (κ2) is 11.7. The average molecular weight is 593 g/mol. The molecule has 9 nitrogen and oxygen atoms in total. The molecule has 0 bridgehead atoms. The Bertz CT molecular complexity index is 1930. The van der Waals surface area contributed by atoms with Gasteiger partial charge in [0.15, 0.2) is 5.82 Å². The Morgan fingerprint density at radius 1 is 1.05 bits per heavy atom. The summed E-state index contributed by atoms with van der Waals surface area (Å²) in [4.78, 5) is 33.3. The second-order valence-electron chi connectivity index (χ2n) is 11.9. The molecule has 3 heterocycles. The van der Waals surface area contributed by atoms with Crippen LogP contribution in [-0.2, 0) is 17.6 Å². The minimum atomic E-state index is -0.600. The van der Waals surface area contributed by atoms with Crippen molar-refractivity contribution < 1.29 is 14.0 Å². The van der Waals surface area contributed by atoms with E-state index in [9.17, 15) is 9.59 Å². The lowest BCUT2D eigenvalue weighted by Crippen LogP contribution is -2.35. The molecule has 0 spiro atoms. The van der Waals surface area contributed by atoms with E-state index in [0.717, 1.165) is 51.4 Å². The Balaban J connectivity index is 1.36. The number of hydrogen-bond acceptors (Lipinski definition) is 7. The Morgan fingerprint density at radius 3 is 2.48 bits per heavy atom. The van der Waals surface area contributed by atoms with Gasteiger partial charge in [0, 0.05) is 36.6 Å². The van der Waals surface area contributed by atoms with E-state index in [1.807, 2.05) is 73.7 Å². The van der Waals surface area contributed by atoms with E-state index in [-0.39, 0.29) is 17.3 Å². The molecule has 44 heavy (non-hydrogen) atoms. The molecule has 9 heteroatoms. The molecule has 2 aromatic heterocycles. The lowest BCUT2D eigenvalue weighted by molar-refractivity contribution is -0.0108. The molecular formula is C35H36N4O5. The lowest BCUT2D eigenvalue weighted by Gasteiger charge is -2.37. The molecule has 6 rings (SSSR count). The van der Waals surface area contributed by atoms with E-state index >= 15 is 0 Å². The highest BCUT2D eigenvalue weighted by atomic mass is 16.5. The molecule has 0 saturated carbocycles. The number of aryl methyl sites for hydroxylation is 2. The van der Waals surface area contributed by atoms with Gasteiger partial charge in [0.25, 0.3) is 5.56 Å². The predicted molar refractivity (Wildman–Crippen MR) is 168 cm³/mol. The maximum absolute atomic E-state index is 14.2. The average Bonchev–Trinajstić information content (AvgIpc) is 3.45. The smallest absolute Gasteiger partial charge is 0.439 e. The molecule has 0 amide bonds. The molecular weight excluding hydrogens is 556 g/mol. The van der Waals surface area contributed by atoms with E-state index in [1.165, 1.54) is 0 Å². The van der Waals surface area contributed by atoms with Crippen molar-refractivity contribution in [3.8, 4) is 34.0 Å². The minimum Gasteiger partial charge on any atom is -0.487 e. The number of fused-ring (bicyclic) bond motifs is 1. The molecule has 1 aliphatic heterocycles. The number of ether oxygens (including phenoxy) is 2. The molecule has 1 N–H and O–H groups in total. The molecule has 5 aromatic rings. The first kappa shape index (κ1) is 29.3. The van der Waals surface area contributed by atoms with Crippen molar-refractivity contribution in [3.63, 3.8) is 0 Å². The third-order valence-corrected chi connectivity index (χ3v) is 8.13. The summed E-state index contributed by atoms with van der Waals surface area (Å²) >= 11 is 0. The van der Waals surface area contributed by atoms with E-state index in [4.69, 9.17) is 19.0 Å². The van der Waals surface area contributed by atoms with Crippen molar-refractivity contribution >= 4 is 0 Å². The van der Waals surface area contributed by atoms with Crippen LogP contribution in [0.15, 0.2) is 80.8 Å². The number of nitrogens with one attached hydrogen (secondary N) is 1. The van der Waals surface area contributed by atoms with Gasteiger partial charge in [0.1, 0.15) is 17.2 Å². The zero-order chi connectivity index (χ0) is 31.0. The highest BCUT2D eigenvalue weighted by molar-refractivity contribution is 5.80. The van der Waals surface area contributed by atoms with Crippen molar-refractivity contribution in [2.24, 2.45) is 0 Å². The first-order chi connectivity index (χ1) is 21.2. The maximum Gasteiger partial charge on any atom is 0.439 e. The summed E-state index contributed by atoms with van der Waals surface area (Å²) in [6, 6.07) is 21.6. The van der Waals surface area contributed by atoms with Crippen molar-refractivity contribution in [3.05, 3.63) is 116 Å². The van der Waals surface area contributed by atoms with Crippen LogP contribution in [0.5, 0.6) is 5.75 Å². The van der Waals surface area contributed by atoms with Gasteiger partial charge in [0.05, 0.1) is 17.5 Å². The number of aromatic amines is 1. The summed E-state index contributed by atoms with van der Waals surface area (Å²) in [5.41, 5.74) is 6.38. The molecule has 0 fully saturated rings. The fraction of sp³-hybridized carbons (Fsp3) is 0.314. The summed E-state index contributed by atoms with van der Waals surface area (Å²) in [5, 5.41) is 3.86. The standard InChI is InChI=1S/C35H36N4O5/c1-6-9-29-27(18-22-12-14-23(15-13-22)25-10-7-8-11-26(25)32-37-34(41)44-38-32)33(40)39(21(2)36-29)24-16-17-30-28(19-24)31(42-5)20-35(3,4)43-30/h7-8,10-17,19,31H,6,9,18,20H2,1-5H3,(H,37,38,41). The number of hydrogen-bond donors (Lipinski definition) is 1. The molecule has 0 aliphatic carbocycles. The first-order valence-electron chi connectivity index (χ1n) is 14.9. The molecule has 1 atom stereocenters. The Kier molecular flexibility index (Phi) is 7.82. The van der Waals surface area contributed by atoms with E-state index < -0.39 is 5.76 Å². The quantitative estimate of drug-likeness (QED) is 0.224. The highest BCUT2D eigenvalue weighted by Gasteiger charge is 2.34. The zero-order valence-corrected chi connectivity index (χ0v) is 25.6. The van der Waals surface area contributed by atoms with Gasteiger partial charge in [-0.1, -0.05) is 67.0 Å². The number of methoxy groups -OCH3 is 1. The molecule has 1 aliphatic rings. The van der Waals surface area contributed by atoms with Crippen LogP contribution in [0.1, 0.15) is 67.9 Å². The summed E-state index contributed by atoms with van der Waals surface area (Å²) in [6.07, 6.45) is 2.62. The van der Waals surface area contributed by atoms with Crippen LogP contribution in [0.4, 0.5) is 0 Å². The summed E-state index contributed by atoms with van der Waals surface area (Å²) < 4.78 is 18.5. The van der Waals surface area contributed by atoms with E-state index in [0.29, 0.717) is 36.5 Å². The van der Waals surface area contributed by atoms with Crippen LogP contribution in [0.3, 0.4) is 0 Å². The van der Waals surface area contributed by atoms with Gasteiger partial charge in [-0.25, -0.2) is 9.78 Å². The lowest BCUT2D eigenvalue weighted by atomic mass is 9.91. The molecule has 0 saturated heterocycles. The molecule has 1 unspecified atom stereocenters. The summed E-state index contributed by atoms with van der Waals surface area (Å²) in [6.45, 7) is 8.08. The van der Waals surface area contributed by atoms with Gasteiger partial charge in [-0.15, -0.1) is 0 Å². The van der Waals surface area contributed by atoms with Crippen molar-refractivity contribution in [2.45, 2.75) is 65.1 Å². The minimum absolute atomic E-state index is 0.0728. The molecule has 226 valence electrons. The highest BCUT2D eigenvalue weighted by Crippen LogP contribution is 2.42. The van der Waals surface area contributed by atoms with Crippen molar-refractivity contribution in [2.75, 3.05) is 7.11 Å². The van der Waals surface area contributed by atoms with Crippen LogP contribution in [0.25, 0.3) is 28.2 Å². The number of benzene rings is 3. The fourth-order valence-corrected chi connectivity index (χ4v) is 6.06. The first-order valence-corrected chi connectivity index (χ1v) is 14.9. The third-order valence-electron chi connectivity index (χ3n) is 8.13. The van der Waals surface area contributed by atoms with Gasteiger partial charge in [0.2, 0.25) is 0 Å². The van der Waals surface area contributed by atoms with E-state index in [1.54, 1.807) is 11.7 Å². The van der Waals surface area contributed by atoms with Crippen LogP contribution >= 0.6 is 0 Å². The van der Waals surface area contributed by atoms with E-state index in [2.05, 4.69) is 30.9 Å². The predicted octanol–water partition coefficient (Wildman–Crippen LogP) is 6.34. The van der Waals surface area contributed by atoms with Gasteiger partial charge in [-0.3, -0.25) is 18.9 Å². The Labute approximate surface area is 255 Å². The van der Waals surface area contributed by atoms with Crippen molar-refractivity contribution in [1.29, 1.82) is 0 Å². The van der Waals surface area contributed by atoms with Gasteiger partial charge in [-0.2, -0.15) is 0 Å². The van der Waals surface area contributed by atoms with Crippen LogP contribution in [0, 0.1) is 6.92 Å². The van der Waals surface area contributed by atoms with Gasteiger partial charge in [-0.05, 0) is 62.1 Å². The number of rotatable bonds is 8. The fourth-order valence-electron chi connectivity index (χ4n) is 6.06. The monoisotopic (exact) mass is 592 g/mol. The largest absolute Gasteiger partial charge is 0.487 e. The van der Waals surface area contributed by atoms with Crippen LogP contribution in [-0.4, -0.2) is 32.4 Å².